The molecule has 0 atom stereocenters. The zero-order valence-corrected chi connectivity index (χ0v) is 19.3. The molecule has 0 N–H and O–H groups in total. The van der Waals surface area contributed by atoms with Gasteiger partial charge in [0.2, 0.25) is 0 Å². The maximum Gasteiger partial charge on any atom is 0.338 e. The Morgan fingerprint density at radius 3 is 2.42 bits per heavy atom. The SMILES string of the molecule is COc1ccccc1CN(C)C(=O)COC(=O)c1ccccc1Cc1nc2ccccc2s1. The van der Waals surface area contributed by atoms with E-state index in [0.717, 1.165) is 26.4 Å². The highest BCUT2D eigenvalue weighted by Gasteiger charge is 2.18. The number of amides is 1. The summed E-state index contributed by atoms with van der Waals surface area (Å²) >= 11 is 1.60. The summed E-state index contributed by atoms with van der Waals surface area (Å²) in [6.45, 7) is 0.0224. The minimum atomic E-state index is -0.522. The number of likely N-dealkylation sites (N-methyl/N-ethyl adjacent to an activating group) is 1. The molecule has 0 bridgehead atoms. The van der Waals surface area contributed by atoms with E-state index in [4.69, 9.17) is 9.47 Å². The van der Waals surface area contributed by atoms with Gasteiger partial charge in [-0.05, 0) is 29.8 Å². The second-order valence-electron chi connectivity index (χ2n) is 7.55. The van der Waals surface area contributed by atoms with Crippen LogP contribution in [0, 0.1) is 0 Å². The molecule has 0 aliphatic carbocycles. The molecule has 0 saturated heterocycles. The lowest BCUT2D eigenvalue weighted by atomic mass is 10.1. The number of esters is 1. The van der Waals surface area contributed by atoms with Crippen molar-refractivity contribution in [3.05, 3.63) is 94.5 Å². The monoisotopic (exact) mass is 460 g/mol. The summed E-state index contributed by atoms with van der Waals surface area (Å²) < 4.78 is 11.8. The van der Waals surface area contributed by atoms with Crippen LogP contribution in [0.1, 0.15) is 26.5 Å². The molecule has 4 rings (SSSR count). The fourth-order valence-electron chi connectivity index (χ4n) is 3.52. The van der Waals surface area contributed by atoms with Gasteiger partial charge in [-0.15, -0.1) is 11.3 Å². The Morgan fingerprint density at radius 2 is 1.64 bits per heavy atom. The molecule has 1 aromatic heterocycles. The predicted octanol–water partition coefficient (Wildman–Crippen LogP) is 4.71. The summed E-state index contributed by atoms with van der Waals surface area (Å²) in [6, 6.07) is 22.7. The van der Waals surface area contributed by atoms with Crippen molar-refractivity contribution in [1.29, 1.82) is 0 Å². The molecular formula is C26H24N2O4S. The van der Waals surface area contributed by atoms with Gasteiger partial charge in [-0.3, -0.25) is 4.79 Å². The van der Waals surface area contributed by atoms with E-state index in [1.54, 1.807) is 37.6 Å². The van der Waals surface area contributed by atoms with E-state index in [-0.39, 0.29) is 12.5 Å². The minimum Gasteiger partial charge on any atom is -0.496 e. The lowest BCUT2D eigenvalue weighted by Crippen LogP contribution is -2.31. The number of fused-ring (bicyclic) bond motifs is 1. The number of hydrogen-bond acceptors (Lipinski definition) is 6. The van der Waals surface area contributed by atoms with Gasteiger partial charge in [0.1, 0.15) is 5.75 Å². The summed E-state index contributed by atoms with van der Waals surface area (Å²) in [5.74, 6) is -0.110. The Hall–Kier alpha value is -3.71. The second kappa shape index (κ2) is 10.3. The Bertz CT molecular complexity index is 1250. The van der Waals surface area contributed by atoms with Gasteiger partial charge in [-0.1, -0.05) is 48.5 Å². The average Bonchev–Trinajstić information content (AvgIpc) is 3.25. The topological polar surface area (TPSA) is 68.7 Å². The van der Waals surface area contributed by atoms with E-state index in [1.807, 2.05) is 60.7 Å². The van der Waals surface area contributed by atoms with Crippen LogP contribution >= 0.6 is 11.3 Å². The first-order valence-electron chi connectivity index (χ1n) is 10.5. The summed E-state index contributed by atoms with van der Waals surface area (Å²) in [4.78, 5) is 31.5. The zero-order chi connectivity index (χ0) is 23.2. The quantitative estimate of drug-likeness (QED) is 0.356. The number of methoxy groups -OCH3 is 1. The third-order valence-electron chi connectivity index (χ3n) is 5.27. The number of carbonyl (C=O) groups excluding carboxylic acids is 2. The molecule has 33 heavy (non-hydrogen) atoms. The van der Waals surface area contributed by atoms with E-state index in [2.05, 4.69) is 4.98 Å². The van der Waals surface area contributed by atoms with Crippen molar-refractivity contribution in [3.8, 4) is 5.75 Å². The van der Waals surface area contributed by atoms with Crippen molar-refractivity contribution in [3.63, 3.8) is 0 Å². The molecule has 0 fully saturated rings. The maximum atomic E-state index is 12.8. The van der Waals surface area contributed by atoms with Crippen molar-refractivity contribution in [2.45, 2.75) is 13.0 Å². The third-order valence-corrected chi connectivity index (χ3v) is 6.31. The highest BCUT2D eigenvalue weighted by Crippen LogP contribution is 2.25. The van der Waals surface area contributed by atoms with Gasteiger partial charge in [0.25, 0.3) is 5.91 Å². The summed E-state index contributed by atoms with van der Waals surface area (Å²) in [5.41, 5.74) is 3.08. The van der Waals surface area contributed by atoms with Gasteiger partial charge in [0.15, 0.2) is 6.61 Å². The maximum absolute atomic E-state index is 12.8. The Balaban J connectivity index is 1.40. The second-order valence-corrected chi connectivity index (χ2v) is 8.66. The predicted molar refractivity (Wildman–Crippen MR) is 129 cm³/mol. The number of benzene rings is 3. The molecule has 0 radical (unpaired) electrons. The lowest BCUT2D eigenvalue weighted by Gasteiger charge is -2.19. The van der Waals surface area contributed by atoms with Crippen LogP contribution in [0.2, 0.25) is 0 Å². The van der Waals surface area contributed by atoms with E-state index in [0.29, 0.717) is 24.3 Å². The number of thiazole rings is 1. The number of rotatable bonds is 8. The number of para-hydroxylation sites is 2. The molecule has 6 nitrogen and oxygen atoms in total. The van der Waals surface area contributed by atoms with Gasteiger partial charge in [0.05, 0.1) is 27.9 Å². The number of hydrogen-bond donors (Lipinski definition) is 0. The minimum absolute atomic E-state index is 0.294. The Morgan fingerprint density at radius 1 is 0.939 bits per heavy atom. The Labute approximate surface area is 196 Å². The van der Waals surface area contributed by atoms with E-state index in [1.165, 1.54) is 4.90 Å². The van der Waals surface area contributed by atoms with Crippen molar-refractivity contribution < 1.29 is 19.1 Å². The van der Waals surface area contributed by atoms with Crippen molar-refractivity contribution in [1.82, 2.24) is 9.88 Å². The van der Waals surface area contributed by atoms with E-state index < -0.39 is 5.97 Å². The van der Waals surface area contributed by atoms with Gasteiger partial charge in [-0.2, -0.15) is 0 Å². The smallest absolute Gasteiger partial charge is 0.338 e. The summed E-state index contributed by atoms with van der Waals surface area (Å²) in [7, 11) is 3.26. The van der Waals surface area contributed by atoms with Crippen molar-refractivity contribution in [2.75, 3.05) is 20.8 Å². The number of nitrogens with zero attached hydrogens (tertiary/aromatic N) is 2. The fraction of sp³-hybridized carbons (Fsp3) is 0.192. The molecule has 4 aromatic rings. The van der Waals surface area contributed by atoms with Crippen LogP contribution in [-0.2, 0) is 22.5 Å². The Kier molecular flexibility index (Phi) is 7.00. The van der Waals surface area contributed by atoms with E-state index >= 15 is 0 Å². The fourth-order valence-corrected chi connectivity index (χ4v) is 4.51. The summed E-state index contributed by atoms with van der Waals surface area (Å²) in [6.07, 6.45) is 0.520. The highest BCUT2D eigenvalue weighted by atomic mass is 32.1. The van der Waals surface area contributed by atoms with Crippen LogP contribution in [0.25, 0.3) is 10.2 Å². The van der Waals surface area contributed by atoms with Crippen LogP contribution in [-0.4, -0.2) is 42.5 Å². The molecule has 0 aliphatic heterocycles. The van der Waals surface area contributed by atoms with Crippen molar-refractivity contribution >= 4 is 33.4 Å². The van der Waals surface area contributed by atoms with Crippen LogP contribution in [0.15, 0.2) is 72.8 Å². The normalized spacial score (nSPS) is 10.7. The number of aromatic nitrogens is 1. The zero-order valence-electron chi connectivity index (χ0n) is 18.5. The largest absolute Gasteiger partial charge is 0.496 e. The van der Waals surface area contributed by atoms with E-state index in [9.17, 15) is 9.59 Å². The van der Waals surface area contributed by atoms with Crippen LogP contribution in [0.4, 0.5) is 0 Å². The molecule has 1 amide bonds. The molecular weight excluding hydrogens is 436 g/mol. The van der Waals surface area contributed by atoms with Gasteiger partial charge in [0, 0.05) is 25.6 Å². The van der Waals surface area contributed by atoms with Crippen LogP contribution in [0.3, 0.4) is 0 Å². The lowest BCUT2D eigenvalue weighted by molar-refractivity contribution is -0.133. The molecule has 0 spiro atoms. The average molecular weight is 461 g/mol. The molecule has 7 heteroatoms. The third kappa shape index (κ3) is 5.38. The first-order chi connectivity index (χ1) is 16.0. The summed E-state index contributed by atoms with van der Waals surface area (Å²) in [5, 5.41) is 0.920. The van der Waals surface area contributed by atoms with Crippen LogP contribution in [0.5, 0.6) is 5.75 Å². The molecule has 168 valence electrons. The van der Waals surface area contributed by atoms with Gasteiger partial charge >= 0.3 is 5.97 Å². The first kappa shape index (κ1) is 22.5. The van der Waals surface area contributed by atoms with Crippen molar-refractivity contribution in [2.24, 2.45) is 0 Å². The molecule has 3 aromatic carbocycles. The van der Waals surface area contributed by atoms with Gasteiger partial charge in [-0.25, -0.2) is 9.78 Å². The number of ether oxygens (including phenoxy) is 2. The first-order valence-corrected chi connectivity index (χ1v) is 11.3. The number of carbonyl (C=O) groups is 2. The van der Waals surface area contributed by atoms with Gasteiger partial charge < -0.3 is 14.4 Å². The molecule has 1 heterocycles. The van der Waals surface area contributed by atoms with Crippen LogP contribution < -0.4 is 4.74 Å². The highest BCUT2D eigenvalue weighted by molar-refractivity contribution is 7.18. The molecule has 0 aliphatic rings. The molecule has 0 saturated carbocycles. The standard InChI is InChI=1S/C26H24N2O4S/c1-28(16-19-10-4-7-13-22(19)31-2)25(29)17-32-26(30)20-11-5-3-9-18(20)15-24-27-21-12-6-8-14-23(21)33-24/h3-14H,15-17H2,1-2H3. The molecule has 0 unspecified atom stereocenters.